The Labute approximate surface area is 66.7 Å². The van der Waals surface area contributed by atoms with E-state index in [1.807, 2.05) is 12.4 Å². The zero-order valence-corrected chi connectivity index (χ0v) is 6.80. The minimum Gasteiger partial charge on any atom is -0.289 e. The average molecular weight is 200 g/mol. The first-order valence-electron chi connectivity index (χ1n) is 3.05. The van der Waals surface area contributed by atoms with Crippen LogP contribution in [-0.2, 0) is 0 Å². The molecule has 0 saturated carbocycles. The minimum absolute atomic E-state index is 0.339. The van der Waals surface area contributed by atoms with Gasteiger partial charge in [0.05, 0.1) is 23.3 Å². The van der Waals surface area contributed by atoms with E-state index >= 15 is 0 Å². The Bertz CT molecular complexity index is 266. The summed E-state index contributed by atoms with van der Waals surface area (Å²) in [5, 5.41) is 6.77. The number of hydrogen-bond acceptors (Lipinski definition) is 2. The molecule has 1 aromatic rings. The normalized spacial score (nSPS) is 22.7. The standard InChI is InChI=1S/C6H6BrN3/c7-5-2-8-3-6-4(5)1-9-10-6/h1,3,5H,2H2,(H,9,10). The van der Waals surface area contributed by atoms with Gasteiger partial charge in [0.2, 0.25) is 0 Å². The summed E-state index contributed by atoms with van der Waals surface area (Å²) in [6.45, 7) is 0.812. The number of aromatic nitrogens is 2. The van der Waals surface area contributed by atoms with Crippen molar-refractivity contribution in [2.24, 2.45) is 4.99 Å². The highest BCUT2D eigenvalue weighted by Crippen LogP contribution is 2.26. The molecule has 0 aliphatic carbocycles. The smallest absolute Gasteiger partial charge is 0.0800 e. The van der Waals surface area contributed by atoms with Gasteiger partial charge in [0.15, 0.2) is 0 Å². The van der Waals surface area contributed by atoms with Crippen LogP contribution in [0.1, 0.15) is 16.1 Å². The molecular formula is C6H6BrN3. The highest BCUT2D eigenvalue weighted by molar-refractivity contribution is 9.09. The molecule has 0 fully saturated rings. The molecule has 0 saturated heterocycles. The van der Waals surface area contributed by atoms with E-state index in [2.05, 4.69) is 31.1 Å². The maximum absolute atomic E-state index is 4.13. The van der Waals surface area contributed by atoms with Crippen molar-refractivity contribution >= 4 is 22.1 Å². The molecule has 3 nitrogen and oxygen atoms in total. The second-order valence-electron chi connectivity index (χ2n) is 2.20. The number of aromatic amines is 1. The first kappa shape index (κ1) is 6.09. The number of nitrogens with zero attached hydrogens (tertiary/aromatic N) is 2. The molecule has 1 aliphatic rings. The van der Waals surface area contributed by atoms with E-state index in [0.29, 0.717) is 4.83 Å². The molecule has 1 aliphatic heterocycles. The molecule has 0 amide bonds. The number of fused-ring (bicyclic) bond motifs is 1. The fraction of sp³-hybridized carbons (Fsp3) is 0.333. The molecule has 0 aromatic carbocycles. The lowest BCUT2D eigenvalue weighted by atomic mass is 10.1. The van der Waals surface area contributed by atoms with E-state index in [0.717, 1.165) is 12.2 Å². The van der Waals surface area contributed by atoms with Crippen molar-refractivity contribution in [2.45, 2.75) is 4.83 Å². The molecule has 0 bridgehead atoms. The molecule has 1 unspecified atom stereocenters. The number of halogens is 1. The van der Waals surface area contributed by atoms with Crippen LogP contribution in [0, 0.1) is 0 Å². The van der Waals surface area contributed by atoms with Crippen LogP contribution >= 0.6 is 15.9 Å². The molecule has 1 aromatic heterocycles. The summed E-state index contributed by atoms with van der Waals surface area (Å²) in [7, 11) is 0. The van der Waals surface area contributed by atoms with Gasteiger partial charge in [-0.2, -0.15) is 5.10 Å². The Morgan fingerprint density at radius 2 is 2.60 bits per heavy atom. The Kier molecular flexibility index (Phi) is 1.34. The maximum Gasteiger partial charge on any atom is 0.0800 e. The quantitative estimate of drug-likeness (QED) is 0.629. The van der Waals surface area contributed by atoms with Crippen LogP contribution in [-0.4, -0.2) is 23.0 Å². The predicted molar refractivity (Wildman–Crippen MR) is 42.7 cm³/mol. The maximum atomic E-state index is 4.13. The average Bonchev–Trinajstić information content (AvgIpc) is 2.36. The number of hydrogen-bond donors (Lipinski definition) is 1. The summed E-state index contributed by atoms with van der Waals surface area (Å²) < 4.78 is 0. The van der Waals surface area contributed by atoms with Crippen LogP contribution in [0.2, 0.25) is 0 Å². The minimum atomic E-state index is 0.339. The summed E-state index contributed by atoms with van der Waals surface area (Å²) >= 11 is 3.49. The van der Waals surface area contributed by atoms with Crippen LogP contribution < -0.4 is 0 Å². The molecule has 4 heteroatoms. The van der Waals surface area contributed by atoms with Gasteiger partial charge in [-0.25, -0.2) is 0 Å². The third-order valence-corrected chi connectivity index (χ3v) is 2.31. The number of nitrogens with one attached hydrogen (secondary N) is 1. The predicted octanol–water partition coefficient (Wildman–Crippen LogP) is 1.28. The van der Waals surface area contributed by atoms with E-state index < -0.39 is 0 Å². The Morgan fingerprint density at radius 3 is 3.40 bits per heavy atom. The van der Waals surface area contributed by atoms with Crippen molar-refractivity contribution in [3.05, 3.63) is 17.5 Å². The second kappa shape index (κ2) is 2.20. The van der Waals surface area contributed by atoms with Crippen LogP contribution in [0.25, 0.3) is 0 Å². The van der Waals surface area contributed by atoms with Crippen molar-refractivity contribution in [2.75, 3.05) is 6.54 Å². The van der Waals surface area contributed by atoms with Crippen LogP contribution in [0.4, 0.5) is 0 Å². The molecule has 1 atom stereocenters. The van der Waals surface area contributed by atoms with Gasteiger partial charge in [0.1, 0.15) is 0 Å². The van der Waals surface area contributed by atoms with Crippen molar-refractivity contribution in [1.82, 2.24) is 10.2 Å². The number of aliphatic imine (C=N–C) groups is 1. The van der Waals surface area contributed by atoms with Crippen LogP contribution in [0.15, 0.2) is 11.2 Å². The highest BCUT2D eigenvalue weighted by atomic mass is 79.9. The van der Waals surface area contributed by atoms with Gasteiger partial charge in [0.25, 0.3) is 0 Å². The molecule has 1 N–H and O–H groups in total. The van der Waals surface area contributed by atoms with Gasteiger partial charge in [-0.05, 0) is 0 Å². The van der Waals surface area contributed by atoms with Crippen molar-refractivity contribution in [3.63, 3.8) is 0 Å². The SMILES string of the molecule is BrC1CN=Cc2[nH]ncc21. The fourth-order valence-electron chi connectivity index (χ4n) is 0.993. The molecule has 2 rings (SSSR count). The van der Waals surface area contributed by atoms with E-state index in [9.17, 15) is 0 Å². The van der Waals surface area contributed by atoms with Gasteiger partial charge in [0, 0.05) is 11.8 Å². The van der Waals surface area contributed by atoms with Gasteiger partial charge < -0.3 is 0 Å². The lowest BCUT2D eigenvalue weighted by Crippen LogP contribution is -2.03. The summed E-state index contributed by atoms with van der Waals surface area (Å²) in [5.41, 5.74) is 2.23. The zero-order chi connectivity index (χ0) is 6.97. The third kappa shape index (κ3) is 0.794. The summed E-state index contributed by atoms with van der Waals surface area (Å²) in [6, 6.07) is 0. The van der Waals surface area contributed by atoms with Crippen molar-refractivity contribution < 1.29 is 0 Å². The van der Waals surface area contributed by atoms with Crippen molar-refractivity contribution in [1.29, 1.82) is 0 Å². The molecule has 52 valence electrons. The number of alkyl halides is 1. The Morgan fingerprint density at radius 1 is 1.70 bits per heavy atom. The molecule has 0 radical (unpaired) electrons. The van der Waals surface area contributed by atoms with Gasteiger partial charge >= 0.3 is 0 Å². The summed E-state index contributed by atoms with van der Waals surface area (Å²) in [6.07, 6.45) is 3.65. The summed E-state index contributed by atoms with van der Waals surface area (Å²) in [5.74, 6) is 0. The van der Waals surface area contributed by atoms with Gasteiger partial charge in [-0.15, -0.1) is 0 Å². The van der Waals surface area contributed by atoms with Crippen molar-refractivity contribution in [3.8, 4) is 0 Å². The fourth-order valence-corrected chi connectivity index (χ4v) is 1.53. The molecular weight excluding hydrogens is 194 g/mol. The molecule has 2 heterocycles. The third-order valence-electron chi connectivity index (χ3n) is 1.52. The first-order valence-corrected chi connectivity index (χ1v) is 3.96. The number of H-pyrrole nitrogens is 1. The lowest BCUT2D eigenvalue weighted by Gasteiger charge is -2.08. The van der Waals surface area contributed by atoms with Gasteiger partial charge in [-0.3, -0.25) is 10.1 Å². The summed E-state index contributed by atoms with van der Waals surface area (Å²) in [4.78, 5) is 4.47. The van der Waals surface area contributed by atoms with Crippen LogP contribution in [0.3, 0.4) is 0 Å². The first-order chi connectivity index (χ1) is 4.88. The Hall–Kier alpha value is -0.640. The molecule has 0 spiro atoms. The zero-order valence-electron chi connectivity index (χ0n) is 5.21. The van der Waals surface area contributed by atoms with Gasteiger partial charge in [-0.1, -0.05) is 15.9 Å². The second-order valence-corrected chi connectivity index (χ2v) is 3.31. The highest BCUT2D eigenvalue weighted by Gasteiger charge is 2.15. The van der Waals surface area contributed by atoms with Crippen LogP contribution in [0.5, 0.6) is 0 Å². The number of rotatable bonds is 0. The monoisotopic (exact) mass is 199 g/mol. The molecule has 10 heavy (non-hydrogen) atoms. The van der Waals surface area contributed by atoms with E-state index in [1.165, 1.54) is 5.56 Å². The Balaban J connectivity index is 2.52. The van der Waals surface area contributed by atoms with E-state index in [4.69, 9.17) is 0 Å². The largest absolute Gasteiger partial charge is 0.289 e. The van der Waals surface area contributed by atoms with E-state index in [1.54, 1.807) is 0 Å². The lowest BCUT2D eigenvalue weighted by molar-refractivity contribution is 0.941. The van der Waals surface area contributed by atoms with E-state index in [-0.39, 0.29) is 0 Å². The topological polar surface area (TPSA) is 41.0 Å².